The number of carbonyl (C=O) groups excluding carboxylic acids is 1. The van der Waals surface area contributed by atoms with E-state index in [0.29, 0.717) is 12.1 Å². The van der Waals surface area contributed by atoms with Crippen LogP contribution in [0.4, 0.5) is 45.5 Å². The molecular formula is C26H20BrF9N3O4-. The lowest BCUT2D eigenvalue weighted by Gasteiger charge is -2.25. The summed E-state index contributed by atoms with van der Waals surface area (Å²) in [7, 11) is 0.996. The van der Waals surface area contributed by atoms with Gasteiger partial charge in [0, 0.05) is 23.5 Å². The van der Waals surface area contributed by atoms with Crippen molar-refractivity contribution in [2.45, 2.75) is 44.5 Å². The molecule has 3 aromatic rings. The van der Waals surface area contributed by atoms with Gasteiger partial charge in [-0.1, -0.05) is 15.9 Å². The van der Waals surface area contributed by atoms with Crippen LogP contribution in [-0.2, 0) is 36.4 Å². The molecule has 0 amide bonds. The van der Waals surface area contributed by atoms with E-state index >= 15 is 0 Å². The Morgan fingerprint density at radius 1 is 0.884 bits per heavy atom. The number of alkyl halides is 9. The molecule has 7 nitrogen and oxygen atoms in total. The summed E-state index contributed by atoms with van der Waals surface area (Å²) in [6, 6.07) is 2.73. The highest BCUT2D eigenvalue weighted by Crippen LogP contribution is 2.40. The van der Waals surface area contributed by atoms with Crippen molar-refractivity contribution in [2.24, 2.45) is 0 Å². The fourth-order valence-electron chi connectivity index (χ4n) is 3.79. The molecule has 17 heteroatoms. The Morgan fingerprint density at radius 3 is 1.95 bits per heavy atom. The second-order valence-corrected chi connectivity index (χ2v) is 9.81. The summed E-state index contributed by atoms with van der Waals surface area (Å²) in [6.07, 6.45) is -13.0. The van der Waals surface area contributed by atoms with E-state index in [0.717, 1.165) is 36.5 Å². The third-order valence-electron chi connectivity index (χ3n) is 5.75. The Morgan fingerprint density at radius 2 is 1.47 bits per heavy atom. The molecular weight excluding hydrogens is 669 g/mol. The summed E-state index contributed by atoms with van der Waals surface area (Å²) in [5, 5.41) is 10.5. The van der Waals surface area contributed by atoms with Crippen molar-refractivity contribution in [3.05, 3.63) is 75.0 Å². The summed E-state index contributed by atoms with van der Waals surface area (Å²) < 4.78 is 131. The number of methoxy groups -OCH3 is 1. The van der Waals surface area contributed by atoms with Crippen molar-refractivity contribution >= 4 is 27.8 Å². The lowest BCUT2D eigenvalue weighted by Crippen LogP contribution is -2.25. The summed E-state index contributed by atoms with van der Waals surface area (Å²) >= 11 is 3.04. The number of aliphatic carboxylic acids is 1. The predicted octanol–water partition coefficient (Wildman–Crippen LogP) is 6.42. The van der Waals surface area contributed by atoms with Crippen LogP contribution in [-0.4, -0.2) is 29.7 Å². The van der Waals surface area contributed by atoms with Crippen LogP contribution in [0.2, 0.25) is 0 Å². The SMILES string of the molecule is COc1cc(CN(Cc2cc(C(F)(F)F)cc(C(F)(F)F)c2)c2ncc(OCCCC(=O)[O-])cn2)c(Br)cc1C(F)(F)F. The summed E-state index contributed by atoms with van der Waals surface area (Å²) in [4.78, 5) is 19.8. The Bertz CT molecular complexity index is 1400. The number of ether oxygens (including phenoxy) is 2. The highest BCUT2D eigenvalue weighted by atomic mass is 79.9. The van der Waals surface area contributed by atoms with Gasteiger partial charge < -0.3 is 24.3 Å². The number of nitrogens with zero attached hydrogens (tertiary/aromatic N) is 3. The van der Waals surface area contributed by atoms with E-state index in [1.165, 1.54) is 0 Å². The molecule has 3 rings (SSSR count). The van der Waals surface area contributed by atoms with E-state index in [4.69, 9.17) is 9.47 Å². The van der Waals surface area contributed by atoms with Gasteiger partial charge in [-0.2, -0.15) is 39.5 Å². The van der Waals surface area contributed by atoms with E-state index < -0.39 is 65.6 Å². The van der Waals surface area contributed by atoms with Crippen LogP contribution in [0.25, 0.3) is 0 Å². The minimum atomic E-state index is -5.11. The van der Waals surface area contributed by atoms with Crippen LogP contribution < -0.4 is 19.5 Å². The van der Waals surface area contributed by atoms with Crippen molar-refractivity contribution in [1.29, 1.82) is 0 Å². The minimum Gasteiger partial charge on any atom is -0.550 e. The maximum absolute atomic E-state index is 13.5. The third-order valence-corrected chi connectivity index (χ3v) is 6.49. The van der Waals surface area contributed by atoms with E-state index in [9.17, 15) is 49.4 Å². The maximum atomic E-state index is 13.5. The van der Waals surface area contributed by atoms with Crippen LogP contribution >= 0.6 is 15.9 Å². The fraction of sp³-hybridized carbons (Fsp3) is 0.346. The molecule has 234 valence electrons. The number of hydrogen-bond donors (Lipinski definition) is 0. The molecule has 0 aliphatic heterocycles. The molecule has 0 spiro atoms. The van der Waals surface area contributed by atoms with E-state index in [1.807, 2.05) is 0 Å². The molecule has 43 heavy (non-hydrogen) atoms. The lowest BCUT2D eigenvalue weighted by atomic mass is 10.0. The molecule has 0 unspecified atom stereocenters. The van der Waals surface area contributed by atoms with Gasteiger partial charge in [-0.3, -0.25) is 0 Å². The van der Waals surface area contributed by atoms with Crippen LogP contribution in [0.3, 0.4) is 0 Å². The highest BCUT2D eigenvalue weighted by Gasteiger charge is 2.38. The number of carboxylic acid groups (broad SMARTS) is 1. The number of carbonyl (C=O) groups is 1. The zero-order chi connectivity index (χ0) is 32.2. The molecule has 0 aliphatic rings. The molecule has 0 N–H and O–H groups in total. The molecule has 0 saturated heterocycles. The molecule has 2 aromatic carbocycles. The van der Waals surface area contributed by atoms with Gasteiger partial charge in [-0.25, -0.2) is 9.97 Å². The Kier molecular flexibility index (Phi) is 10.4. The van der Waals surface area contributed by atoms with Gasteiger partial charge >= 0.3 is 18.5 Å². The van der Waals surface area contributed by atoms with Gasteiger partial charge in [0.1, 0.15) is 5.75 Å². The largest absolute Gasteiger partial charge is 0.550 e. The van der Waals surface area contributed by atoms with Crippen molar-refractivity contribution < 1.29 is 58.9 Å². The summed E-state index contributed by atoms with van der Waals surface area (Å²) in [5.74, 6) is -2.03. The molecule has 1 heterocycles. The average molecular weight is 689 g/mol. The normalized spacial score (nSPS) is 12.3. The van der Waals surface area contributed by atoms with Crippen molar-refractivity contribution in [3.63, 3.8) is 0 Å². The van der Waals surface area contributed by atoms with Gasteiger partial charge in [-0.15, -0.1) is 0 Å². The minimum absolute atomic E-state index is 0.0335. The van der Waals surface area contributed by atoms with E-state index in [1.54, 1.807) is 0 Å². The van der Waals surface area contributed by atoms with Crippen molar-refractivity contribution in [1.82, 2.24) is 9.97 Å². The number of benzene rings is 2. The zero-order valence-electron chi connectivity index (χ0n) is 21.8. The molecule has 0 atom stereocenters. The maximum Gasteiger partial charge on any atom is 0.420 e. The topological polar surface area (TPSA) is 87.6 Å². The van der Waals surface area contributed by atoms with Gasteiger partial charge in [-0.05, 0) is 54.3 Å². The molecule has 0 fully saturated rings. The standard InChI is InChI=1S/C26H21BrF9N3O4/c1-42-21-7-15(20(27)9-19(21)26(34,35)36)13-39(23-37-10-18(11-38-23)43-4-2-3-22(40)41)12-14-5-16(24(28,29)30)8-17(6-14)25(31,32)33/h5-11H,2-4,12-13H2,1H3,(H,40,41)/p-1. The second-order valence-electron chi connectivity index (χ2n) is 8.95. The first-order valence-electron chi connectivity index (χ1n) is 12.0. The average Bonchev–Trinajstić information content (AvgIpc) is 2.90. The predicted molar refractivity (Wildman–Crippen MR) is 134 cm³/mol. The molecule has 0 bridgehead atoms. The Balaban J connectivity index is 2.04. The zero-order valence-corrected chi connectivity index (χ0v) is 23.4. The number of aromatic nitrogens is 2. The number of anilines is 1. The summed E-state index contributed by atoms with van der Waals surface area (Å²) in [5.41, 5.74) is -4.57. The molecule has 0 radical (unpaired) electrons. The summed E-state index contributed by atoms with van der Waals surface area (Å²) in [6.45, 7) is -1.07. The first kappa shape index (κ1) is 33.7. The third kappa shape index (κ3) is 9.36. The van der Waals surface area contributed by atoms with Gasteiger partial charge in [0.15, 0.2) is 5.75 Å². The fourth-order valence-corrected chi connectivity index (χ4v) is 4.26. The first-order valence-corrected chi connectivity index (χ1v) is 12.8. The Labute approximate surface area is 246 Å². The number of carboxylic acids is 1. The van der Waals surface area contributed by atoms with Crippen molar-refractivity contribution in [2.75, 3.05) is 18.6 Å². The van der Waals surface area contributed by atoms with E-state index in [2.05, 4.69) is 25.9 Å². The number of halogens is 10. The lowest BCUT2D eigenvalue weighted by molar-refractivity contribution is -0.305. The number of hydrogen-bond acceptors (Lipinski definition) is 7. The van der Waals surface area contributed by atoms with Crippen molar-refractivity contribution in [3.8, 4) is 11.5 Å². The van der Waals surface area contributed by atoms with Gasteiger partial charge in [0.2, 0.25) is 5.95 Å². The molecule has 0 aliphatic carbocycles. The van der Waals surface area contributed by atoms with E-state index in [-0.39, 0.29) is 47.2 Å². The van der Waals surface area contributed by atoms with Gasteiger partial charge in [0.05, 0.1) is 42.8 Å². The van der Waals surface area contributed by atoms with Crippen LogP contribution in [0, 0.1) is 0 Å². The quantitative estimate of drug-likeness (QED) is 0.170. The first-order chi connectivity index (χ1) is 19.9. The second kappa shape index (κ2) is 13.3. The van der Waals surface area contributed by atoms with Gasteiger partial charge in [0.25, 0.3) is 0 Å². The molecule has 0 saturated carbocycles. The van der Waals surface area contributed by atoms with Crippen LogP contribution in [0.5, 0.6) is 11.5 Å². The Hall–Kier alpha value is -3.76. The highest BCUT2D eigenvalue weighted by molar-refractivity contribution is 9.10. The monoisotopic (exact) mass is 688 g/mol. The van der Waals surface area contributed by atoms with Crippen LogP contribution in [0.1, 0.15) is 40.7 Å². The van der Waals surface area contributed by atoms with Crippen LogP contribution in [0.15, 0.2) is 47.2 Å². The number of rotatable bonds is 11. The smallest absolute Gasteiger partial charge is 0.420 e. The molecule has 1 aromatic heterocycles.